The van der Waals surface area contributed by atoms with E-state index in [1.54, 1.807) is 6.33 Å². The fraction of sp³-hybridized carbons (Fsp3) is 0.524. The minimum atomic E-state index is -0.963. The number of nitrogens with two attached hydrogens (primary N) is 2. The zero-order chi connectivity index (χ0) is 29.1. The number of aromatic amines is 1. The third kappa shape index (κ3) is 6.42. The Kier molecular flexibility index (Phi) is 9.57. The van der Waals surface area contributed by atoms with E-state index in [1.807, 2.05) is 4.57 Å². The number of nitrogens with one attached hydrogen (secondary N) is 1. The maximum Gasteiger partial charge on any atom is 0.280 e. The Morgan fingerprint density at radius 1 is 1.20 bits per heavy atom. The number of fused-ring (bicyclic) bond motifs is 2. The lowest BCUT2D eigenvalue weighted by atomic mass is 10.0. The van der Waals surface area contributed by atoms with Crippen molar-refractivity contribution in [1.82, 2.24) is 39.0 Å². The summed E-state index contributed by atoms with van der Waals surface area (Å²) in [7, 11) is 3.69. The van der Waals surface area contributed by atoms with Gasteiger partial charge in [-0.3, -0.25) is 23.1 Å². The Morgan fingerprint density at radius 2 is 2.00 bits per heavy atom. The molecule has 1 fully saturated rings. The molecule has 0 bridgehead atoms. The van der Waals surface area contributed by atoms with Crippen molar-refractivity contribution in [3.8, 4) is 0 Å². The number of ether oxygens (including phenoxy) is 4. The van der Waals surface area contributed by atoms with Crippen LogP contribution in [0.2, 0.25) is 0 Å². The molecule has 0 amide bonds. The van der Waals surface area contributed by atoms with Crippen LogP contribution in [0.3, 0.4) is 0 Å². The Morgan fingerprint density at radius 3 is 2.76 bits per heavy atom. The van der Waals surface area contributed by atoms with E-state index in [1.165, 1.54) is 24.3 Å². The summed E-state index contributed by atoms with van der Waals surface area (Å²) in [5.41, 5.74) is 11.6. The predicted molar refractivity (Wildman–Crippen MR) is 154 cm³/mol. The molecule has 0 aliphatic carbocycles. The van der Waals surface area contributed by atoms with Crippen LogP contribution in [-0.4, -0.2) is 77.4 Å². The molecule has 7 atom stereocenters. The topological polar surface area (TPSA) is 215 Å². The number of hydrogen-bond acceptors (Lipinski definition) is 16. The van der Waals surface area contributed by atoms with Gasteiger partial charge in [-0.1, -0.05) is 0 Å². The monoisotopic (exact) mass is 628 g/mol. The molecule has 0 aromatic carbocycles. The highest BCUT2D eigenvalue weighted by atomic mass is 32.1. The van der Waals surface area contributed by atoms with Crippen LogP contribution in [0.5, 0.6) is 0 Å². The predicted octanol–water partition coefficient (Wildman–Crippen LogP) is 0.803. The third-order valence-electron chi connectivity index (χ3n) is 6.58. The molecular formula is C21H29N10O7PS2. The van der Waals surface area contributed by atoms with Gasteiger partial charge in [0.2, 0.25) is 11.6 Å². The lowest BCUT2D eigenvalue weighted by Gasteiger charge is -2.25. The van der Waals surface area contributed by atoms with Crippen LogP contribution < -0.4 is 17.0 Å². The Bertz CT molecular complexity index is 1540. The number of anilines is 2. The molecule has 222 valence electrons. The molecule has 17 nitrogen and oxygen atoms in total. The number of nitrogens with zero attached hydrogens (tertiary/aromatic N) is 7. The molecule has 20 heteroatoms. The number of rotatable bonds is 13. The summed E-state index contributed by atoms with van der Waals surface area (Å²) in [4.78, 5) is 35.4. The van der Waals surface area contributed by atoms with E-state index < -0.39 is 23.7 Å². The number of thiol groups is 2. The van der Waals surface area contributed by atoms with Crippen molar-refractivity contribution >= 4 is 69.1 Å². The first-order valence-corrected chi connectivity index (χ1v) is 13.6. The maximum absolute atomic E-state index is 12.1. The molecule has 1 aliphatic rings. The van der Waals surface area contributed by atoms with Crippen molar-refractivity contribution < 1.29 is 27.7 Å². The van der Waals surface area contributed by atoms with Gasteiger partial charge in [-0.05, 0) is 12.9 Å². The molecule has 4 aromatic heterocycles. The molecule has 0 radical (unpaired) electrons. The van der Waals surface area contributed by atoms with Crippen LogP contribution >= 0.6 is 35.0 Å². The molecule has 41 heavy (non-hydrogen) atoms. The molecule has 0 spiro atoms. The molecule has 5 N–H and O–H groups in total. The van der Waals surface area contributed by atoms with Gasteiger partial charge < -0.3 is 34.9 Å². The van der Waals surface area contributed by atoms with Crippen molar-refractivity contribution in [2.45, 2.75) is 43.3 Å². The van der Waals surface area contributed by atoms with Gasteiger partial charge >= 0.3 is 0 Å². The quantitative estimate of drug-likeness (QED) is 0.0600. The van der Waals surface area contributed by atoms with Gasteiger partial charge in [-0.15, -0.1) is 12.6 Å². The SMILES string of the molecule is COC(C[C@@H](OS)n1cnc2c(=O)[nH]c(N)nc21)OC(S)OC[C@@H]1C[C@H](n2cnc3c(N)ncnc32)O[C@@H]1COP. The average Bonchev–Trinajstić information content (AvgIpc) is 3.67. The zero-order valence-electron chi connectivity index (χ0n) is 21.6. The summed E-state index contributed by atoms with van der Waals surface area (Å²) in [6.07, 6.45) is 2.83. The lowest BCUT2D eigenvalue weighted by Crippen LogP contribution is -2.30. The van der Waals surface area contributed by atoms with E-state index in [2.05, 4.69) is 64.9 Å². The van der Waals surface area contributed by atoms with Crippen molar-refractivity contribution in [2.24, 2.45) is 5.92 Å². The van der Waals surface area contributed by atoms with Gasteiger partial charge in [0.1, 0.15) is 18.1 Å². The van der Waals surface area contributed by atoms with Gasteiger partial charge in [-0.2, -0.15) is 4.98 Å². The Balaban J connectivity index is 1.21. The van der Waals surface area contributed by atoms with Gasteiger partial charge in [0.15, 0.2) is 35.1 Å². The van der Waals surface area contributed by atoms with Crippen LogP contribution in [0.1, 0.15) is 25.3 Å². The fourth-order valence-electron chi connectivity index (χ4n) is 4.59. The van der Waals surface area contributed by atoms with Gasteiger partial charge in [0, 0.05) is 35.3 Å². The van der Waals surface area contributed by atoms with Crippen LogP contribution in [0, 0.1) is 5.92 Å². The lowest BCUT2D eigenvalue weighted by molar-refractivity contribution is -0.214. The summed E-state index contributed by atoms with van der Waals surface area (Å²) in [6, 6.07) is 0. The number of nitrogen functional groups attached to an aromatic ring is 2. The number of aromatic nitrogens is 8. The fourth-order valence-corrected chi connectivity index (χ4v) is 5.19. The van der Waals surface area contributed by atoms with E-state index in [0.717, 1.165) is 0 Å². The zero-order valence-corrected chi connectivity index (χ0v) is 24.6. The van der Waals surface area contributed by atoms with Crippen molar-refractivity contribution in [2.75, 3.05) is 31.8 Å². The Hall–Kier alpha value is -2.61. The second-order valence-electron chi connectivity index (χ2n) is 9.05. The van der Waals surface area contributed by atoms with E-state index >= 15 is 0 Å². The summed E-state index contributed by atoms with van der Waals surface area (Å²) in [5.74, 6) is 0.157. The van der Waals surface area contributed by atoms with Crippen LogP contribution in [0.25, 0.3) is 22.3 Å². The number of methoxy groups -OCH3 is 1. The van der Waals surface area contributed by atoms with E-state index in [9.17, 15) is 4.79 Å². The van der Waals surface area contributed by atoms with Gasteiger partial charge in [0.25, 0.3) is 5.56 Å². The summed E-state index contributed by atoms with van der Waals surface area (Å²) in [6.45, 7) is 0.563. The molecule has 1 saturated heterocycles. The second-order valence-corrected chi connectivity index (χ2v) is 10.0. The van der Waals surface area contributed by atoms with Crippen LogP contribution in [0.15, 0.2) is 23.8 Å². The minimum Gasteiger partial charge on any atom is -0.382 e. The van der Waals surface area contributed by atoms with Gasteiger partial charge in [0.05, 0.1) is 32.0 Å². The first-order valence-electron chi connectivity index (χ1n) is 12.2. The standard InChI is InChI=1S/C21H29N10O7PS2/c1-33-13(3-12(38-41)31-8-27-15-18(31)28-20(23)29-19(15)32)37-21(40)34-4-9-2-11(36-10(9)5-35-39)30-7-26-14-16(22)24-6-25-17(14)30/h6-13,21,40-41H,2-5,39H2,1H3,(H2,22,24,25)(H3,23,28,29,32)/t9-,10+,11+,12+,13?,21?/m0/s1. The van der Waals surface area contributed by atoms with Crippen molar-refractivity contribution in [3.05, 3.63) is 29.3 Å². The largest absolute Gasteiger partial charge is 0.382 e. The van der Waals surface area contributed by atoms with Crippen molar-refractivity contribution in [1.29, 1.82) is 0 Å². The highest BCUT2D eigenvalue weighted by Crippen LogP contribution is 2.36. The molecule has 3 unspecified atom stereocenters. The normalized spacial score (nSPS) is 21.5. The summed E-state index contributed by atoms with van der Waals surface area (Å²) < 4.78 is 37.4. The molecule has 4 aromatic rings. The Labute approximate surface area is 245 Å². The summed E-state index contributed by atoms with van der Waals surface area (Å²) >= 11 is 8.40. The molecular weight excluding hydrogens is 599 g/mol. The van der Waals surface area contributed by atoms with E-state index in [0.29, 0.717) is 30.0 Å². The third-order valence-corrected chi connectivity index (χ3v) is 7.29. The molecule has 5 rings (SSSR count). The number of H-pyrrole nitrogens is 1. The van der Waals surface area contributed by atoms with E-state index in [-0.39, 0.29) is 48.4 Å². The highest BCUT2D eigenvalue weighted by Gasteiger charge is 2.38. The first kappa shape index (κ1) is 29.9. The number of hydrogen-bond donors (Lipinski definition) is 5. The number of imidazole rings is 2. The maximum atomic E-state index is 12.1. The molecule has 1 aliphatic heterocycles. The average molecular weight is 629 g/mol. The smallest absolute Gasteiger partial charge is 0.280 e. The molecule has 0 saturated carbocycles. The summed E-state index contributed by atoms with van der Waals surface area (Å²) in [5, 5.41) is 0. The van der Waals surface area contributed by atoms with Crippen LogP contribution in [-0.2, 0) is 27.7 Å². The first-order chi connectivity index (χ1) is 19.8. The van der Waals surface area contributed by atoms with Crippen LogP contribution in [0.4, 0.5) is 11.8 Å². The van der Waals surface area contributed by atoms with E-state index in [4.69, 9.17) is 39.1 Å². The second kappa shape index (κ2) is 13.1. The van der Waals surface area contributed by atoms with Gasteiger partial charge in [-0.25, -0.2) is 19.9 Å². The minimum absolute atomic E-state index is 0.0624. The van der Waals surface area contributed by atoms with Crippen molar-refractivity contribution in [3.63, 3.8) is 0 Å². The highest BCUT2D eigenvalue weighted by molar-refractivity contribution is 7.80. The molecule has 5 heterocycles.